The van der Waals surface area contributed by atoms with Crippen LogP contribution >= 0.6 is 0 Å². The van der Waals surface area contributed by atoms with Gasteiger partial charge in [0, 0.05) is 12.2 Å². The van der Waals surface area contributed by atoms with Crippen LogP contribution in [0, 0.1) is 0 Å². The number of hydroxylamine groups is 1. The maximum Gasteiger partial charge on any atom is 0.238 e. The summed E-state index contributed by atoms with van der Waals surface area (Å²) in [6.45, 7) is 1.34. The number of primary sulfonamides is 1. The average Bonchev–Trinajstić information content (AvgIpc) is 2.28. The zero-order valence-corrected chi connectivity index (χ0v) is 10.1. The summed E-state index contributed by atoms with van der Waals surface area (Å²) in [6.07, 6.45) is 2.00. The molecule has 4 N–H and O–H groups in total. The van der Waals surface area contributed by atoms with Crippen LogP contribution in [0.25, 0.3) is 0 Å². The molecule has 2 rings (SSSR count). The van der Waals surface area contributed by atoms with Gasteiger partial charge >= 0.3 is 0 Å². The van der Waals surface area contributed by atoms with Gasteiger partial charge in [-0.15, -0.1) is 0 Å². The van der Waals surface area contributed by atoms with Crippen molar-refractivity contribution in [3.8, 4) is 0 Å². The Labute approximate surface area is 100 Å². The number of benzene rings is 1. The van der Waals surface area contributed by atoms with Crippen LogP contribution in [0.15, 0.2) is 23.1 Å². The van der Waals surface area contributed by atoms with Gasteiger partial charge in [0.1, 0.15) is 0 Å². The molecule has 1 aliphatic rings. The SMILES string of the molecule is Nc1cc(N2CCCCO2)cc(S(N)(=O)=O)c1. The molecule has 17 heavy (non-hydrogen) atoms. The fraction of sp³-hybridized carbons (Fsp3) is 0.400. The van der Waals surface area contributed by atoms with Gasteiger partial charge in [0.25, 0.3) is 0 Å². The smallest absolute Gasteiger partial charge is 0.238 e. The zero-order chi connectivity index (χ0) is 12.5. The average molecular weight is 257 g/mol. The molecule has 1 saturated heterocycles. The van der Waals surface area contributed by atoms with E-state index in [-0.39, 0.29) is 4.90 Å². The van der Waals surface area contributed by atoms with Gasteiger partial charge in [0.15, 0.2) is 0 Å². The Morgan fingerprint density at radius 2 is 2.00 bits per heavy atom. The molecule has 1 aromatic carbocycles. The van der Waals surface area contributed by atoms with Crippen molar-refractivity contribution in [1.82, 2.24) is 0 Å². The summed E-state index contributed by atoms with van der Waals surface area (Å²) in [5.74, 6) is 0. The van der Waals surface area contributed by atoms with E-state index >= 15 is 0 Å². The van der Waals surface area contributed by atoms with E-state index in [1.165, 1.54) is 12.1 Å². The van der Waals surface area contributed by atoms with Crippen molar-refractivity contribution in [1.29, 1.82) is 0 Å². The second kappa shape index (κ2) is 4.52. The molecule has 1 aliphatic heterocycles. The van der Waals surface area contributed by atoms with Gasteiger partial charge in [-0.2, -0.15) is 0 Å². The van der Waals surface area contributed by atoms with E-state index in [0.29, 0.717) is 24.5 Å². The molecule has 0 aliphatic carbocycles. The highest BCUT2D eigenvalue weighted by Crippen LogP contribution is 2.25. The van der Waals surface area contributed by atoms with Gasteiger partial charge in [-0.05, 0) is 31.0 Å². The van der Waals surface area contributed by atoms with Gasteiger partial charge in [-0.3, -0.25) is 9.90 Å². The fourth-order valence-corrected chi connectivity index (χ4v) is 2.30. The van der Waals surface area contributed by atoms with Gasteiger partial charge < -0.3 is 5.73 Å². The van der Waals surface area contributed by atoms with E-state index in [2.05, 4.69) is 0 Å². The van der Waals surface area contributed by atoms with Crippen molar-refractivity contribution in [2.24, 2.45) is 5.14 Å². The topological polar surface area (TPSA) is 98.6 Å². The van der Waals surface area contributed by atoms with Crippen molar-refractivity contribution in [3.63, 3.8) is 0 Å². The molecular formula is C10H15N3O3S. The van der Waals surface area contributed by atoms with Crippen molar-refractivity contribution in [3.05, 3.63) is 18.2 Å². The normalized spacial score (nSPS) is 17.1. The highest BCUT2D eigenvalue weighted by molar-refractivity contribution is 7.89. The van der Waals surface area contributed by atoms with Crippen molar-refractivity contribution in [2.45, 2.75) is 17.7 Å². The molecule has 1 aromatic rings. The summed E-state index contributed by atoms with van der Waals surface area (Å²) in [4.78, 5) is 5.43. The molecule has 0 aromatic heterocycles. The van der Waals surface area contributed by atoms with Gasteiger partial charge in [-0.25, -0.2) is 13.6 Å². The Hall–Kier alpha value is -1.31. The predicted molar refractivity (Wildman–Crippen MR) is 64.8 cm³/mol. The maximum absolute atomic E-state index is 11.3. The number of nitrogens with two attached hydrogens (primary N) is 2. The predicted octanol–water partition coefficient (Wildman–Crippen LogP) is 0.448. The lowest BCUT2D eigenvalue weighted by atomic mass is 10.2. The van der Waals surface area contributed by atoms with Crippen LogP contribution in [0.3, 0.4) is 0 Å². The van der Waals surface area contributed by atoms with Crippen LogP contribution in [-0.2, 0) is 14.9 Å². The van der Waals surface area contributed by atoms with Crippen LogP contribution in [0.1, 0.15) is 12.8 Å². The standard InChI is InChI=1S/C10H15N3O3S/c11-8-5-9(13-3-1-2-4-16-13)7-10(6-8)17(12,14)15/h5-7H,1-4,11H2,(H2,12,14,15). The Morgan fingerprint density at radius 1 is 1.24 bits per heavy atom. The Kier molecular flexibility index (Phi) is 3.23. The molecule has 0 unspecified atom stereocenters. The minimum Gasteiger partial charge on any atom is -0.399 e. The molecule has 7 heteroatoms. The van der Waals surface area contributed by atoms with E-state index in [1.807, 2.05) is 0 Å². The van der Waals surface area contributed by atoms with Crippen LogP contribution < -0.4 is 15.9 Å². The number of hydrogen-bond acceptors (Lipinski definition) is 5. The number of hydrogen-bond donors (Lipinski definition) is 2. The summed E-state index contributed by atoms with van der Waals surface area (Å²) in [5.41, 5.74) is 6.63. The van der Waals surface area contributed by atoms with Crippen LogP contribution in [-0.4, -0.2) is 21.6 Å². The summed E-state index contributed by atoms with van der Waals surface area (Å²) in [7, 11) is -3.75. The number of anilines is 2. The van der Waals surface area contributed by atoms with Crippen molar-refractivity contribution < 1.29 is 13.3 Å². The number of rotatable bonds is 2. The maximum atomic E-state index is 11.3. The summed E-state index contributed by atoms with van der Waals surface area (Å²) in [5, 5.41) is 6.73. The quantitative estimate of drug-likeness (QED) is 0.749. The van der Waals surface area contributed by atoms with Gasteiger partial charge in [0.2, 0.25) is 10.0 Å². The number of nitrogen functional groups attached to an aromatic ring is 1. The largest absolute Gasteiger partial charge is 0.399 e. The second-order valence-electron chi connectivity index (χ2n) is 3.95. The first kappa shape index (κ1) is 12.2. The molecule has 0 spiro atoms. The molecule has 0 saturated carbocycles. The third-order valence-corrected chi connectivity index (χ3v) is 3.43. The van der Waals surface area contributed by atoms with E-state index in [1.54, 1.807) is 11.1 Å². The summed E-state index contributed by atoms with van der Waals surface area (Å²) < 4.78 is 22.6. The van der Waals surface area contributed by atoms with Crippen molar-refractivity contribution >= 4 is 21.4 Å². The summed E-state index contributed by atoms with van der Waals surface area (Å²) >= 11 is 0. The molecule has 1 heterocycles. The third kappa shape index (κ3) is 2.87. The van der Waals surface area contributed by atoms with Crippen LogP contribution in [0.4, 0.5) is 11.4 Å². The second-order valence-corrected chi connectivity index (χ2v) is 5.51. The first-order chi connectivity index (χ1) is 7.97. The number of nitrogens with zero attached hydrogens (tertiary/aromatic N) is 1. The molecule has 0 atom stereocenters. The molecule has 6 nitrogen and oxygen atoms in total. The molecular weight excluding hydrogens is 242 g/mol. The lowest BCUT2D eigenvalue weighted by Crippen LogP contribution is -2.30. The first-order valence-corrected chi connectivity index (χ1v) is 6.85. The lowest BCUT2D eigenvalue weighted by Gasteiger charge is -2.28. The summed E-state index contributed by atoms with van der Waals surface area (Å²) in [6, 6.07) is 4.47. The lowest BCUT2D eigenvalue weighted by molar-refractivity contribution is 0.0778. The van der Waals surface area contributed by atoms with Gasteiger partial charge in [-0.1, -0.05) is 0 Å². The van der Waals surface area contributed by atoms with E-state index in [0.717, 1.165) is 12.8 Å². The van der Waals surface area contributed by atoms with E-state index < -0.39 is 10.0 Å². The molecule has 0 bridgehead atoms. The van der Waals surface area contributed by atoms with E-state index in [4.69, 9.17) is 15.7 Å². The fourth-order valence-electron chi connectivity index (χ4n) is 1.71. The minimum absolute atomic E-state index is 0.00155. The highest BCUT2D eigenvalue weighted by atomic mass is 32.2. The monoisotopic (exact) mass is 257 g/mol. The van der Waals surface area contributed by atoms with Crippen LogP contribution in [0.5, 0.6) is 0 Å². The molecule has 94 valence electrons. The van der Waals surface area contributed by atoms with Crippen LogP contribution in [0.2, 0.25) is 0 Å². The minimum atomic E-state index is -3.75. The Balaban J connectivity index is 2.37. The van der Waals surface area contributed by atoms with Crippen molar-refractivity contribution in [2.75, 3.05) is 23.9 Å². The first-order valence-electron chi connectivity index (χ1n) is 5.30. The third-order valence-electron chi connectivity index (χ3n) is 2.53. The zero-order valence-electron chi connectivity index (χ0n) is 9.30. The van der Waals surface area contributed by atoms with E-state index in [9.17, 15) is 8.42 Å². The molecule has 1 fully saturated rings. The Bertz CT molecular complexity index is 510. The highest BCUT2D eigenvalue weighted by Gasteiger charge is 2.16. The molecule has 0 radical (unpaired) electrons. The Morgan fingerprint density at radius 3 is 2.59 bits per heavy atom. The number of sulfonamides is 1. The molecule has 0 amide bonds. The van der Waals surface area contributed by atoms with Gasteiger partial charge in [0.05, 0.1) is 17.2 Å².